The molecule has 1 aromatic heterocycles. The molecule has 1 heterocycles. The van der Waals surface area contributed by atoms with Crippen LogP contribution in [0, 0.1) is 0 Å². The van der Waals surface area contributed by atoms with Gasteiger partial charge in [0, 0.05) is 5.37 Å². The fourth-order valence-electron chi connectivity index (χ4n) is 1.04. The van der Waals surface area contributed by atoms with Gasteiger partial charge in [-0.15, -0.1) is 0 Å². The van der Waals surface area contributed by atoms with Gasteiger partial charge >= 0.3 is 0 Å². The Hall–Kier alpha value is -1.55. The quantitative estimate of drug-likeness (QED) is 0.672. The normalized spacial score (nSPS) is 9.85. The molecule has 0 saturated heterocycles. The maximum Gasteiger partial charge on any atom is 0.0857 e. The second kappa shape index (κ2) is 3.45. The van der Waals surface area contributed by atoms with Crippen LogP contribution in [0.2, 0.25) is 0 Å². The van der Waals surface area contributed by atoms with Crippen molar-refractivity contribution in [2.45, 2.75) is 0 Å². The highest BCUT2D eigenvalue weighted by atomic mass is 32.1. The molecule has 0 atom stereocenters. The van der Waals surface area contributed by atoms with Crippen LogP contribution in [0.15, 0.2) is 36.7 Å². The summed E-state index contributed by atoms with van der Waals surface area (Å²) in [5.74, 6) is 0. The molecule has 2 aromatic rings. The van der Waals surface area contributed by atoms with Crippen LogP contribution in [0.25, 0.3) is 5.69 Å². The first-order chi connectivity index (χ1) is 6.40. The maximum absolute atomic E-state index is 4.80. The van der Waals surface area contributed by atoms with Crippen LogP contribution < -0.4 is 0 Å². The zero-order valence-electron chi connectivity index (χ0n) is 6.79. The van der Waals surface area contributed by atoms with Gasteiger partial charge in [0.15, 0.2) is 0 Å². The number of aromatic nitrogens is 3. The number of thiocarbonyl (C=S) groups is 1. The largest absolute Gasteiger partial charge is 0.157 e. The second-order valence-corrected chi connectivity index (χ2v) is 2.76. The van der Waals surface area contributed by atoms with Gasteiger partial charge in [-0.25, -0.2) is 0 Å². The molecule has 0 saturated carbocycles. The Morgan fingerprint density at radius 3 is 2.23 bits per heavy atom. The fourth-order valence-corrected chi connectivity index (χ4v) is 1.19. The van der Waals surface area contributed by atoms with Crippen molar-refractivity contribution in [1.29, 1.82) is 0 Å². The molecule has 64 valence electrons. The highest BCUT2D eigenvalue weighted by Gasteiger charge is 1.95. The zero-order valence-corrected chi connectivity index (χ0v) is 7.61. The Morgan fingerprint density at radius 1 is 1.08 bits per heavy atom. The Balaban J connectivity index is 2.38. The lowest BCUT2D eigenvalue weighted by Gasteiger charge is -1.98. The first kappa shape index (κ1) is 8.07. The standard InChI is InChI=1S/C9H7N3S/c13-7-8-1-3-9(4-2-8)12-10-5-6-11-12/h1-7H. The lowest BCUT2D eigenvalue weighted by atomic mass is 10.2. The van der Waals surface area contributed by atoms with E-state index in [9.17, 15) is 0 Å². The van der Waals surface area contributed by atoms with Crippen LogP contribution in [0.4, 0.5) is 0 Å². The summed E-state index contributed by atoms with van der Waals surface area (Å²) in [7, 11) is 0. The number of nitrogens with zero attached hydrogens (tertiary/aromatic N) is 3. The van der Waals surface area contributed by atoms with Gasteiger partial charge in [0.05, 0.1) is 18.1 Å². The maximum atomic E-state index is 4.80. The average molecular weight is 189 g/mol. The van der Waals surface area contributed by atoms with Gasteiger partial charge in [0.1, 0.15) is 0 Å². The molecule has 0 aliphatic rings. The zero-order chi connectivity index (χ0) is 9.10. The SMILES string of the molecule is S=Cc1ccc(-n2nccn2)cc1. The van der Waals surface area contributed by atoms with E-state index in [1.165, 1.54) is 0 Å². The second-order valence-electron chi connectivity index (χ2n) is 2.53. The molecule has 0 aliphatic heterocycles. The minimum atomic E-state index is 0.936. The molecule has 0 N–H and O–H groups in total. The number of benzene rings is 1. The third-order valence-corrected chi connectivity index (χ3v) is 1.95. The van der Waals surface area contributed by atoms with E-state index in [1.807, 2.05) is 24.3 Å². The molecule has 2 rings (SSSR count). The number of hydrogen-bond acceptors (Lipinski definition) is 3. The van der Waals surface area contributed by atoms with E-state index in [0.717, 1.165) is 11.3 Å². The van der Waals surface area contributed by atoms with Crippen LogP contribution in [0.1, 0.15) is 5.56 Å². The number of hydrogen-bond donors (Lipinski definition) is 0. The van der Waals surface area contributed by atoms with Crippen LogP contribution >= 0.6 is 12.2 Å². The van der Waals surface area contributed by atoms with E-state index in [4.69, 9.17) is 12.2 Å². The topological polar surface area (TPSA) is 30.7 Å². The average Bonchev–Trinajstić information content (AvgIpc) is 2.71. The summed E-state index contributed by atoms with van der Waals surface area (Å²) in [6.45, 7) is 0. The highest BCUT2D eigenvalue weighted by molar-refractivity contribution is 7.79. The van der Waals surface area contributed by atoms with Gasteiger partial charge in [-0.3, -0.25) is 0 Å². The molecule has 1 aromatic carbocycles. The van der Waals surface area contributed by atoms with Gasteiger partial charge in [-0.05, 0) is 17.7 Å². The van der Waals surface area contributed by atoms with E-state index < -0.39 is 0 Å². The Morgan fingerprint density at radius 2 is 1.69 bits per heavy atom. The summed E-state index contributed by atoms with van der Waals surface area (Å²) >= 11 is 4.80. The fraction of sp³-hybridized carbons (Fsp3) is 0. The van der Waals surface area contributed by atoms with Crippen LogP contribution in [-0.2, 0) is 0 Å². The van der Waals surface area contributed by atoms with Crippen molar-refractivity contribution in [3.05, 3.63) is 42.2 Å². The molecule has 0 unspecified atom stereocenters. The molecular weight excluding hydrogens is 182 g/mol. The summed E-state index contributed by atoms with van der Waals surface area (Å²) in [5, 5.41) is 9.66. The summed E-state index contributed by atoms with van der Waals surface area (Å²) in [6, 6.07) is 7.73. The summed E-state index contributed by atoms with van der Waals surface area (Å²) in [4.78, 5) is 1.56. The molecule has 4 heteroatoms. The first-order valence-corrected chi connectivity index (χ1v) is 4.29. The minimum Gasteiger partial charge on any atom is -0.157 e. The van der Waals surface area contributed by atoms with Gasteiger partial charge in [-0.2, -0.15) is 15.0 Å². The molecule has 0 fully saturated rings. The van der Waals surface area contributed by atoms with Crippen molar-refractivity contribution in [2.75, 3.05) is 0 Å². The predicted molar refractivity (Wildman–Crippen MR) is 54.1 cm³/mol. The van der Waals surface area contributed by atoms with Crippen molar-refractivity contribution in [2.24, 2.45) is 0 Å². The Kier molecular flexibility index (Phi) is 2.14. The van der Waals surface area contributed by atoms with Gasteiger partial charge in [-0.1, -0.05) is 24.4 Å². The van der Waals surface area contributed by atoms with Crippen molar-refractivity contribution >= 4 is 17.6 Å². The Bertz CT molecular complexity index is 391. The Labute approximate surface area is 81.0 Å². The highest BCUT2D eigenvalue weighted by Crippen LogP contribution is 2.05. The van der Waals surface area contributed by atoms with Crippen LogP contribution in [0.3, 0.4) is 0 Å². The molecule has 0 bridgehead atoms. The molecule has 0 spiro atoms. The summed E-state index contributed by atoms with van der Waals surface area (Å²) < 4.78 is 0. The molecule has 0 aliphatic carbocycles. The lowest BCUT2D eigenvalue weighted by Crippen LogP contribution is -1.97. The van der Waals surface area contributed by atoms with Gasteiger partial charge in [0.2, 0.25) is 0 Å². The summed E-state index contributed by atoms with van der Waals surface area (Å²) in [6.07, 6.45) is 3.29. The first-order valence-electron chi connectivity index (χ1n) is 3.82. The van der Waals surface area contributed by atoms with E-state index in [2.05, 4.69) is 10.2 Å². The molecule has 0 amide bonds. The predicted octanol–water partition coefficient (Wildman–Crippen LogP) is 1.62. The minimum absolute atomic E-state index is 0.936. The molecule has 0 radical (unpaired) electrons. The van der Waals surface area contributed by atoms with Crippen LogP contribution in [-0.4, -0.2) is 20.4 Å². The molecule has 3 nitrogen and oxygen atoms in total. The van der Waals surface area contributed by atoms with Crippen molar-refractivity contribution in [3.63, 3.8) is 0 Å². The smallest absolute Gasteiger partial charge is 0.0857 e. The van der Waals surface area contributed by atoms with Crippen molar-refractivity contribution in [1.82, 2.24) is 15.0 Å². The van der Waals surface area contributed by atoms with E-state index in [-0.39, 0.29) is 0 Å². The monoisotopic (exact) mass is 189 g/mol. The lowest BCUT2D eigenvalue weighted by molar-refractivity contribution is 0.752. The van der Waals surface area contributed by atoms with E-state index in [1.54, 1.807) is 22.6 Å². The number of rotatable bonds is 2. The summed E-state index contributed by atoms with van der Waals surface area (Å²) in [5.41, 5.74) is 1.96. The third kappa shape index (κ3) is 1.62. The van der Waals surface area contributed by atoms with Gasteiger partial charge in [0.25, 0.3) is 0 Å². The van der Waals surface area contributed by atoms with Crippen LogP contribution in [0.5, 0.6) is 0 Å². The van der Waals surface area contributed by atoms with E-state index >= 15 is 0 Å². The van der Waals surface area contributed by atoms with Gasteiger partial charge < -0.3 is 0 Å². The molecule has 13 heavy (non-hydrogen) atoms. The third-order valence-electron chi connectivity index (χ3n) is 1.68. The van der Waals surface area contributed by atoms with Crippen molar-refractivity contribution in [3.8, 4) is 5.69 Å². The molecular formula is C9H7N3S. The van der Waals surface area contributed by atoms with Crippen molar-refractivity contribution < 1.29 is 0 Å². The van der Waals surface area contributed by atoms with E-state index in [0.29, 0.717) is 0 Å².